The molecule has 7 rings (SSSR count). The van der Waals surface area contributed by atoms with Crippen LogP contribution in [0.3, 0.4) is 0 Å². The molecule has 13 nitrogen and oxygen atoms in total. The molecule has 0 unspecified atom stereocenters. The molecule has 0 bridgehead atoms. The Kier molecular flexibility index (Phi) is 16.4. The largest absolute Gasteiger partial charge is 0.491 e. The van der Waals surface area contributed by atoms with Crippen LogP contribution in [-0.2, 0) is 35.6 Å². The summed E-state index contributed by atoms with van der Waals surface area (Å²) in [6, 6.07) is 28.0. The van der Waals surface area contributed by atoms with Crippen molar-refractivity contribution in [2.45, 2.75) is 44.7 Å². The van der Waals surface area contributed by atoms with E-state index < -0.39 is 5.82 Å². The topological polar surface area (TPSA) is 139 Å². The highest BCUT2D eigenvalue weighted by molar-refractivity contribution is 6.06. The summed E-state index contributed by atoms with van der Waals surface area (Å²) in [5, 5.41) is 9.57. The molecular formula is C51H60FN7O6. The van der Waals surface area contributed by atoms with Crippen molar-refractivity contribution in [3.63, 3.8) is 0 Å². The van der Waals surface area contributed by atoms with Crippen molar-refractivity contribution in [2.24, 2.45) is 0 Å². The molecule has 1 fully saturated rings. The number of hydrogen-bond donors (Lipinski definition) is 3. The maximum Gasteiger partial charge on any atom is 0.271 e. The Hall–Kier alpha value is -6.03. The number of halogens is 1. The van der Waals surface area contributed by atoms with Gasteiger partial charge in [-0.15, -0.1) is 0 Å². The Balaban J connectivity index is 0.833. The number of benzene rings is 3. The van der Waals surface area contributed by atoms with E-state index in [2.05, 4.69) is 58.7 Å². The summed E-state index contributed by atoms with van der Waals surface area (Å²) < 4.78 is 37.0. The number of methoxy groups -OCH3 is 1. The predicted molar refractivity (Wildman–Crippen MR) is 251 cm³/mol. The first-order valence-electron chi connectivity index (χ1n) is 22.2. The van der Waals surface area contributed by atoms with E-state index in [-0.39, 0.29) is 29.0 Å². The normalized spacial score (nSPS) is 17.1. The number of nitrogens with one attached hydrogen (secondary N) is 3. The fourth-order valence-electron chi connectivity index (χ4n) is 8.17. The van der Waals surface area contributed by atoms with Gasteiger partial charge in [-0.3, -0.25) is 24.5 Å². The summed E-state index contributed by atoms with van der Waals surface area (Å²) in [4.78, 5) is 40.4. The summed E-state index contributed by atoms with van der Waals surface area (Å²) in [5.41, 5.74) is 7.14. The molecule has 2 aromatic heterocycles. The second-order valence-electron chi connectivity index (χ2n) is 17.1. The number of ether oxygens (including phenoxy) is 4. The molecule has 14 heteroatoms. The molecule has 342 valence electrons. The Morgan fingerprint density at radius 1 is 0.908 bits per heavy atom. The van der Waals surface area contributed by atoms with E-state index in [1.54, 1.807) is 37.7 Å². The van der Waals surface area contributed by atoms with Crippen LogP contribution in [0.15, 0.2) is 115 Å². The van der Waals surface area contributed by atoms with Gasteiger partial charge in [-0.25, -0.2) is 4.39 Å². The monoisotopic (exact) mass is 885 g/mol. The SMILES string of the molecule is COC[C@H]1CN[C@H](C)CN1CC(=O)N1CC(C)(C)c2ncc(Cc3cccc(OCCOCCOCCNC(=Cc4cccc(F)c4)C(=O)Nc4ccc(-c5ccncc5)cc4)c3)cc21. The number of fused-ring (bicyclic) bond motifs is 1. The van der Waals surface area contributed by atoms with Crippen molar-refractivity contribution in [1.82, 2.24) is 25.5 Å². The van der Waals surface area contributed by atoms with Gasteiger partial charge < -0.3 is 39.8 Å². The van der Waals surface area contributed by atoms with Crippen LogP contribution >= 0.6 is 0 Å². The molecule has 65 heavy (non-hydrogen) atoms. The number of hydrogen-bond acceptors (Lipinski definition) is 11. The van der Waals surface area contributed by atoms with E-state index in [1.165, 1.54) is 12.1 Å². The van der Waals surface area contributed by atoms with Gasteiger partial charge in [0.15, 0.2) is 0 Å². The number of carbonyl (C=O) groups excluding carboxylic acids is 2. The molecule has 3 aromatic carbocycles. The number of pyridine rings is 2. The molecule has 0 aliphatic carbocycles. The van der Waals surface area contributed by atoms with Crippen molar-refractivity contribution in [3.8, 4) is 16.9 Å². The van der Waals surface area contributed by atoms with Crippen molar-refractivity contribution >= 4 is 29.3 Å². The van der Waals surface area contributed by atoms with Crippen LogP contribution in [0.5, 0.6) is 5.75 Å². The van der Waals surface area contributed by atoms with E-state index >= 15 is 0 Å². The molecule has 4 heterocycles. The minimum Gasteiger partial charge on any atom is -0.491 e. The van der Waals surface area contributed by atoms with E-state index in [0.29, 0.717) is 83.0 Å². The molecular weight excluding hydrogens is 826 g/mol. The molecule has 1 saturated heterocycles. The summed E-state index contributed by atoms with van der Waals surface area (Å²) in [6.07, 6.45) is 7.64. The molecule has 3 N–H and O–H groups in total. The zero-order valence-corrected chi connectivity index (χ0v) is 37.7. The smallest absolute Gasteiger partial charge is 0.271 e. The minimum atomic E-state index is -0.392. The molecule has 0 saturated carbocycles. The molecule has 2 aliphatic rings. The van der Waals surface area contributed by atoms with Crippen molar-refractivity contribution < 1.29 is 32.9 Å². The average Bonchev–Trinajstić information content (AvgIpc) is 3.57. The van der Waals surface area contributed by atoms with Crippen molar-refractivity contribution in [1.29, 1.82) is 0 Å². The molecule has 0 spiro atoms. The highest BCUT2D eigenvalue weighted by Gasteiger charge is 2.40. The third-order valence-electron chi connectivity index (χ3n) is 11.4. The maximum atomic E-state index is 14.0. The van der Waals surface area contributed by atoms with Gasteiger partial charge in [0, 0.05) is 75.1 Å². The number of rotatable bonds is 21. The number of nitrogens with zero attached hydrogens (tertiary/aromatic N) is 4. The summed E-state index contributed by atoms with van der Waals surface area (Å²) >= 11 is 0. The van der Waals surface area contributed by atoms with Crippen LogP contribution in [0.4, 0.5) is 15.8 Å². The Morgan fingerprint density at radius 2 is 1.66 bits per heavy atom. The first-order chi connectivity index (χ1) is 31.5. The fraction of sp³-hybridized carbons (Fsp3) is 0.373. The van der Waals surface area contributed by atoms with Gasteiger partial charge >= 0.3 is 0 Å². The second-order valence-corrected chi connectivity index (χ2v) is 17.1. The van der Waals surface area contributed by atoms with Crippen molar-refractivity contribution in [3.05, 3.63) is 143 Å². The Labute approximate surface area is 381 Å². The van der Waals surface area contributed by atoms with E-state index in [1.807, 2.05) is 65.7 Å². The lowest BCUT2D eigenvalue weighted by atomic mass is 9.91. The van der Waals surface area contributed by atoms with E-state index in [9.17, 15) is 14.0 Å². The lowest BCUT2D eigenvalue weighted by molar-refractivity contribution is -0.121. The Morgan fingerprint density at radius 3 is 2.45 bits per heavy atom. The maximum absolute atomic E-state index is 14.0. The molecule has 2 aliphatic heterocycles. The molecule has 5 aromatic rings. The zero-order chi connectivity index (χ0) is 45.6. The molecule has 2 amide bonds. The van der Waals surface area contributed by atoms with Crippen LogP contribution in [-0.4, -0.2) is 118 Å². The summed E-state index contributed by atoms with van der Waals surface area (Å²) in [5.74, 6) is 0.0638. The van der Waals surface area contributed by atoms with Crippen LogP contribution in [0, 0.1) is 5.82 Å². The van der Waals surface area contributed by atoms with E-state index in [0.717, 1.165) is 52.5 Å². The highest BCUT2D eigenvalue weighted by atomic mass is 19.1. The number of aromatic nitrogens is 2. The van der Waals surface area contributed by atoms with Crippen LogP contribution < -0.4 is 25.6 Å². The first kappa shape index (κ1) is 46.9. The third-order valence-corrected chi connectivity index (χ3v) is 11.4. The van der Waals surface area contributed by atoms with Gasteiger partial charge in [-0.05, 0) is 102 Å². The second kappa shape index (κ2) is 22.7. The van der Waals surface area contributed by atoms with Crippen molar-refractivity contribution in [2.75, 3.05) is 89.7 Å². The van der Waals surface area contributed by atoms with Crippen LogP contribution in [0.25, 0.3) is 17.2 Å². The van der Waals surface area contributed by atoms with Gasteiger partial charge in [0.25, 0.3) is 5.91 Å². The standard InChI is InChI=1S/C51H60FN7O6/c1-36-32-58(44(31-55-36)34-62-4)33-48(60)59-35-51(2,3)49-47(59)29-39(30-56-49)25-37-8-6-10-45(27-37)65-24-23-64-22-21-63-20-19-54-46(28-38-7-5-9-42(52)26-38)50(61)57-43-13-11-40(12-14-43)41-15-17-53-18-16-41/h5-18,26-30,36,44,54-55H,19-25,31-35H2,1-4H3,(H,57,61)/t36-,44-/m1/s1. The lowest BCUT2D eigenvalue weighted by Gasteiger charge is -2.39. The lowest BCUT2D eigenvalue weighted by Crippen LogP contribution is -2.59. The fourth-order valence-corrected chi connectivity index (χ4v) is 8.17. The zero-order valence-electron chi connectivity index (χ0n) is 37.7. The van der Waals surface area contributed by atoms with Crippen LogP contribution in [0.1, 0.15) is 43.2 Å². The van der Waals surface area contributed by atoms with Gasteiger partial charge in [0.05, 0.1) is 51.0 Å². The molecule has 0 radical (unpaired) electrons. The summed E-state index contributed by atoms with van der Waals surface area (Å²) in [6.45, 7) is 11.6. The number of carbonyl (C=O) groups is 2. The quantitative estimate of drug-likeness (QED) is 0.0551. The predicted octanol–water partition coefficient (Wildman–Crippen LogP) is 6.49. The van der Waals surface area contributed by atoms with Gasteiger partial charge in [-0.1, -0.05) is 50.2 Å². The first-order valence-corrected chi connectivity index (χ1v) is 22.2. The van der Waals surface area contributed by atoms with Gasteiger partial charge in [0.2, 0.25) is 5.91 Å². The number of amides is 2. The van der Waals surface area contributed by atoms with Gasteiger partial charge in [0.1, 0.15) is 23.9 Å². The highest BCUT2D eigenvalue weighted by Crippen LogP contribution is 2.40. The third kappa shape index (κ3) is 13.3. The number of piperazine rings is 1. The van der Waals surface area contributed by atoms with E-state index in [4.69, 9.17) is 23.9 Å². The minimum absolute atomic E-state index is 0.0789. The number of anilines is 2. The average molecular weight is 886 g/mol. The Bertz CT molecular complexity index is 2380. The van der Waals surface area contributed by atoms with Crippen LogP contribution in [0.2, 0.25) is 0 Å². The molecule has 2 atom stereocenters. The van der Waals surface area contributed by atoms with Gasteiger partial charge in [-0.2, -0.15) is 0 Å². The summed E-state index contributed by atoms with van der Waals surface area (Å²) in [7, 11) is 1.70.